The Bertz CT molecular complexity index is 1100. The fraction of sp³-hybridized carbons (Fsp3) is 0.393. The summed E-state index contributed by atoms with van der Waals surface area (Å²) in [6.45, 7) is 0.111. The van der Waals surface area contributed by atoms with Crippen molar-refractivity contribution in [3.05, 3.63) is 59.7 Å². The summed E-state index contributed by atoms with van der Waals surface area (Å²) in [5, 5.41) is 14.4. The first-order valence-corrected chi connectivity index (χ1v) is 12.1. The van der Waals surface area contributed by atoms with Crippen molar-refractivity contribution in [2.24, 2.45) is 5.92 Å². The highest BCUT2D eigenvalue weighted by Crippen LogP contribution is 2.44. The van der Waals surface area contributed by atoms with Gasteiger partial charge >= 0.3 is 12.1 Å². The number of rotatable bonds is 7. The molecule has 0 aromatic heterocycles. The average molecular weight is 475 g/mol. The Labute approximate surface area is 205 Å². The van der Waals surface area contributed by atoms with Gasteiger partial charge in [0.15, 0.2) is 0 Å². The molecule has 2 amide bonds. The topological polar surface area (TPSA) is 105 Å². The summed E-state index contributed by atoms with van der Waals surface area (Å²) in [6.07, 6.45) is 5.18. The molecule has 7 nitrogen and oxygen atoms in total. The molecule has 3 N–H and O–H groups in total. The van der Waals surface area contributed by atoms with E-state index in [1.54, 1.807) is 0 Å². The van der Waals surface area contributed by atoms with E-state index in [9.17, 15) is 19.5 Å². The predicted octanol–water partition coefficient (Wildman–Crippen LogP) is 4.07. The van der Waals surface area contributed by atoms with Gasteiger partial charge in [-0.3, -0.25) is 4.79 Å². The molecule has 1 saturated carbocycles. The number of benzene rings is 2. The van der Waals surface area contributed by atoms with Crippen LogP contribution >= 0.6 is 0 Å². The zero-order valence-corrected chi connectivity index (χ0v) is 19.6. The van der Waals surface area contributed by atoms with E-state index in [0.29, 0.717) is 12.3 Å². The van der Waals surface area contributed by atoms with Crippen molar-refractivity contribution in [2.75, 3.05) is 13.2 Å². The minimum absolute atomic E-state index is 0.0397. The molecule has 0 bridgehead atoms. The third-order valence-electron chi connectivity index (χ3n) is 6.76. The van der Waals surface area contributed by atoms with E-state index < -0.39 is 24.0 Å². The highest BCUT2D eigenvalue weighted by molar-refractivity contribution is 5.96. The SMILES string of the molecule is O=C(C#CCNC(=O)OCC1c2ccccc2-c2ccccc21)N[C@H](CC1CCCCC1)C(=O)O. The van der Waals surface area contributed by atoms with E-state index in [4.69, 9.17) is 4.74 Å². The lowest BCUT2D eigenvalue weighted by molar-refractivity contribution is -0.141. The van der Waals surface area contributed by atoms with Gasteiger partial charge in [-0.15, -0.1) is 0 Å². The lowest BCUT2D eigenvalue weighted by Gasteiger charge is -2.24. The van der Waals surface area contributed by atoms with E-state index in [-0.39, 0.29) is 19.1 Å². The van der Waals surface area contributed by atoms with Gasteiger partial charge in [0, 0.05) is 5.92 Å². The molecule has 0 spiro atoms. The minimum atomic E-state index is -1.05. The van der Waals surface area contributed by atoms with Crippen molar-refractivity contribution in [3.63, 3.8) is 0 Å². The number of nitrogens with one attached hydrogen (secondary N) is 2. The lowest BCUT2D eigenvalue weighted by Crippen LogP contribution is -2.41. The Morgan fingerprint density at radius 3 is 2.23 bits per heavy atom. The van der Waals surface area contributed by atoms with Crippen LogP contribution in [0.5, 0.6) is 0 Å². The maximum Gasteiger partial charge on any atom is 0.407 e. The molecule has 0 unspecified atom stereocenters. The van der Waals surface area contributed by atoms with Crippen molar-refractivity contribution in [1.82, 2.24) is 10.6 Å². The van der Waals surface area contributed by atoms with E-state index >= 15 is 0 Å². The second-order valence-electron chi connectivity index (χ2n) is 9.08. The van der Waals surface area contributed by atoms with Crippen LogP contribution in [0, 0.1) is 17.8 Å². The van der Waals surface area contributed by atoms with Crippen LogP contribution in [-0.4, -0.2) is 42.3 Å². The molecule has 1 fully saturated rings. The molecule has 2 aromatic rings. The largest absolute Gasteiger partial charge is 0.480 e. The first-order chi connectivity index (χ1) is 17.0. The fourth-order valence-corrected chi connectivity index (χ4v) is 5.06. The number of hydrogen-bond acceptors (Lipinski definition) is 4. The zero-order chi connectivity index (χ0) is 24.6. The number of aliphatic carboxylic acids is 1. The van der Waals surface area contributed by atoms with Gasteiger partial charge in [0.1, 0.15) is 12.6 Å². The van der Waals surface area contributed by atoms with Crippen LogP contribution < -0.4 is 10.6 Å². The Balaban J connectivity index is 1.23. The Kier molecular flexibility index (Phi) is 8.04. The zero-order valence-electron chi connectivity index (χ0n) is 19.6. The maximum atomic E-state index is 12.2. The van der Waals surface area contributed by atoms with Crippen LogP contribution in [0.1, 0.15) is 55.6 Å². The molecule has 2 aromatic carbocycles. The number of carboxylic acids is 1. The number of fused-ring (bicyclic) bond motifs is 3. The van der Waals surface area contributed by atoms with Crippen LogP contribution in [0.4, 0.5) is 4.79 Å². The minimum Gasteiger partial charge on any atom is -0.480 e. The van der Waals surface area contributed by atoms with Crippen LogP contribution in [-0.2, 0) is 14.3 Å². The van der Waals surface area contributed by atoms with E-state index in [2.05, 4.69) is 34.6 Å². The van der Waals surface area contributed by atoms with E-state index in [1.165, 1.54) is 6.42 Å². The number of amides is 2. The Morgan fingerprint density at radius 2 is 1.60 bits per heavy atom. The molecule has 0 aliphatic heterocycles. The van der Waals surface area contributed by atoms with Crippen molar-refractivity contribution in [2.45, 2.75) is 50.5 Å². The molecule has 1 atom stereocenters. The van der Waals surface area contributed by atoms with Gasteiger partial charge in [0.25, 0.3) is 5.91 Å². The van der Waals surface area contributed by atoms with E-state index in [0.717, 1.165) is 47.9 Å². The van der Waals surface area contributed by atoms with Crippen molar-refractivity contribution >= 4 is 18.0 Å². The summed E-state index contributed by atoms with van der Waals surface area (Å²) in [5.74, 6) is 3.46. The third kappa shape index (κ3) is 6.21. The number of hydrogen-bond donors (Lipinski definition) is 3. The van der Waals surface area contributed by atoms with Crippen LogP contribution in [0.15, 0.2) is 48.5 Å². The van der Waals surface area contributed by atoms with Crippen molar-refractivity contribution < 1.29 is 24.2 Å². The van der Waals surface area contributed by atoms with Gasteiger partial charge in [0.05, 0.1) is 6.54 Å². The third-order valence-corrected chi connectivity index (χ3v) is 6.76. The fourth-order valence-electron chi connectivity index (χ4n) is 5.06. The quantitative estimate of drug-likeness (QED) is 0.525. The van der Waals surface area contributed by atoms with Gasteiger partial charge in [-0.1, -0.05) is 86.6 Å². The number of alkyl carbamates (subject to hydrolysis) is 1. The summed E-state index contributed by atoms with van der Waals surface area (Å²) in [7, 11) is 0. The van der Waals surface area contributed by atoms with Gasteiger partial charge < -0.3 is 20.5 Å². The molecular weight excluding hydrogens is 444 g/mol. The standard InChI is InChI=1S/C28H30N2O5/c31-26(30-25(27(32)33)17-19-9-2-1-3-10-19)15-8-16-29-28(34)35-18-24-22-13-6-4-11-20(22)21-12-5-7-14-23(21)24/h4-7,11-14,19,24-25H,1-3,9-10,16-18H2,(H,29,34)(H,30,31)(H,32,33)/t25-/m1/s1. The smallest absolute Gasteiger partial charge is 0.407 e. The summed E-state index contributed by atoms with van der Waals surface area (Å²) in [4.78, 5) is 35.8. The summed E-state index contributed by atoms with van der Waals surface area (Å²) in [5.41, 5.74) is 4.55. The summed E-state index contributed by atoms with van der Waals surface area (Å²) >= 11 is 0. The molecule has 0 saturated heterocycles. The maximum absolute atomic E-state index is 12.2. The molecule has 2 aliphatic rings. The molecule has 4 rings (SSSR count). The normalized spacial score (nSPS) is 15.7. The van der Waals surface area contributed by atoms with E-state index in [1.807, 2.05) is 36.4 Å². The Hall–Kier alpha value is -3.79. The van der Waals surface area contributed by atoms with Crippen molar-refractivity contribution in [1.29, 1.82) is 0 Å². The van der Waals surface area contributed by atoms with Gasteiger partial charge in [-0.05, 0) is 40.5 Å². The summed E-state index contributed by atoms with van der Waals surface area (Å²) < 4.78 is 5.43. The van der Waals surface area contributed by atoms with Crippen molar-refractivity contribution in [3.8, 4) is 23.0 Å². The molecular formula is C28H30N2O5. The number of ether oxygens (including phenoxy) is 1. The van der Waals surface area contributed by atoms with Crippen LogP contribution in [0.25, 0.3) is 11.1 Å². The first kappa shape index (κ1) is 24.3. The highest BCUT2D eigenvalue weighted by atomic mass is 16.5. The number of carbonyl (C=O) groups is 3. The van der Waals surface area contributed by atoms with Crippen LogP contribution in [0.2, 0.25) is 0 Å². The van der Waals surface area contributed by atoms with Gasteiger partial charge in [-0.2, -0.15) is 0 Å². The summed E-state index contributed by atoms with van der Waals surface area (Å²) in [6, 6.07) is 15.2. The molecule has 2 aliphatic carbocycles. The van der Waals surface area contributed by atoms with Gasteiger partial charge in [0.2, 0.25) is 0 Å². The molecule has 182 valence electrons. The second-order valence-corrected chi connectivity index (χ2v) is 9.08. The molecule has 0 heterocycles. The average Bonchev–Trinajstić information content (AvgIpc) is 3.19. The highest BCUT2D eigenvalue weighted by Gasteiger charge is 2.29. The number of carbonyl (C=O) groups excluding carboxylic acids is 2. The second kappa shape index (κ2) is 11.6. The lowest BCUT2D eigenvalue weighted by atomic mass is 9.85. The first-order valence-electron chi connectivity index (χ1n) is 12.1. The van der Waals surface area contributed by atoms with Crippen LogP contribution in [0.3, 0.4) is 0 Å². The number of carboxylic acid groups (broad SMARTS) is 1. The molecule has 35 heavy (non-hydrogen) atoms. The predicted molar refractivity (Wildman–Crippen MR) is 132 cm³/mol. The van der Waals surface area contributed by atoms with Gasteiger partial charge in [-0.25, -0.2) is 9.59 Å². The molecule has 0 radical (unpaired) electrons. The monoisotopic (exact) mass is 474 g/mol. The molecule has 7 heteroatoms. The Morgan fingerprint density at radius 1 is 0.971 bits per heavy atom.